The SMILES string of the molecule is Cl.N[C@@H]1CCN(C(=O)c2ccc(Cl)s2)C1. The normalized spacial score (nSPS) is 20.1. The quantitative estimate of drug-likeness (QED) is 0.845. The first-order valence-electron chi connectivity index (χ1n) is 4.47. The first kappa shape index (κ1) is 12.8. The summed E-state index contributed by atoms with van der Waals surface area (Å²) >= 11 is 7.08. The van der Waals surface area contributed by atoms with E-state index in [2.05, 4.69) is 0 Å². The standard InChI is InChI=1S/C9H11ClN2OS.ClH/c10-8-2-1-7(14-8)9(13)12-4-3-6(11)5-12;/h1-2,6H,3-5,11H2;1H/t6-;/m1./s1. The van der Waals surface area contributed by atoms with Gasteiger partial charge in [0.2, 0.25) is 0 Å². The van der Waals surface area contributed by atoms with E-state index in [1.54, 1.807) is 17.0 Å². The number of halogens is 2. The lowest BCUT2D eigenvalue weighted by Gasteiger charge is -2.13. The largest absolute Gasteiger partial charge is 0.336 e. The van der Waals surface area contributed by atoms with Crippen LogP contribution in [-0.2, 0) is 0 Å². The zero-order valence-electron chi connectivity index (χ0n) is 7.98. The molecule has 1 amide bonds. The van der Waals surface area contributed by atoms with E-state index < -0.39 is 0 Å². The third-order valence-corrected chi connectivity index (χ3v) is 3.52. The van der Waals surface area contributed by atoms with Crippen molar-refractivity contribution in [1.82, 2.24) is 4.90 Å². The molecule has 3 nitrogen and oxygen atoms in total. The summed E-state index contributed by atoms with van der Waals surface area (Å²) in [5.74, 6) is 0.0508. The van der Waals surface area contributed by atoms with Crippen LogP contribution in [0, 0.1) is 0 Å². The van der Waals surface area contributed by atoms with Crippen molar-refractivity contribution < 1.29 is 4.79 Å². The number of hydrogen-bond acceptors (Lipinski definition) is 3. The molecule has 0 unspecified atom stereocenters. The summed E-state index contributed by atoms with van der Waals surface area (Å²) in [6, 6.07) is 3.64. The second-order valence-electron chi connectivity index (χ2n) is 3.40. The molecule has 1 aromatic rings. The van der Waals surface area contributed by atoms with Crippen molar-refractivity contribution >= 4 is 41.3 Å². The molecule has 0 radical (unpaired) electrons. The highest BCUT2D eigenvalue weighted by Gasteiger charge is 2.25. The van der Waals surface area contributed by atoms with Crippen LogP contribution in [0.25, 0.3) is 0 Å². The molecule has 2 heterocycles. The maximum absolute atomic E-state index is 11.8. The van der Waals surface area contributed by atoms with E-state index in [1.807, 2.05) is 0 Å². The van der Waals surface area contributed by atoms with Gasteiger partial charge in [-0.1, -0.05) is 11.6 Å². The van der Waals surface area contributed by atoms with Crippen LogP contribution in [0.1, 0.15) is 16.1 Å². The Labute approximate surface area is 104 Å². The van der Waals surface area contributed by atoms with Crippen LogP contribution in [0.15, 0.2) is 12.1 Å². The molecule has 15 heavy (non-hydrogen) atoms. The van der Waals surface area contributed by atoms with Crippen LogP contribution in [-0.4, -0.2) is 29.9 Å². The second kappa shape index (κ2) is 5.16. The first-order valence-corrected chi connectivity index (χ1v) is 5.66. The summed E-state index contributed by atoms with van der Waals surface area (Å²) in [5.41, 5.74) is 5.73. The number of nitrogens with two attached hydrogens (primary N) is 1. The summed E-state index contributed by atoms with van der Waals surface area (Å²) in [6.45, 7) is 1.42. The molecule has 84 valence electrons. The molecule has 1 aromatic heterocycles. The minimum atomic E-state index is 0. The van der Waals surface area contributed by atoms with Crippen molar-refractivity contribution in [2.24, 2.45) is 5.73 Å². The van der Waals surface area contributed by atoms with Gasteiger partial charge in [-0.25, -0.2) is 0 Å². The number of carbonyl (C=O) groups is 1. The predicted molar refractivity (Wildman–Crippen MR) is 65.1 cm³/mol. The predicted octanol–water partition coefficient (Wildman–Crippen LogP) is 2.00. The molecule has 1 fully saturated rings. The molecular formula is C9H12Cl2N2OS. The van der Waals surface area contributed by atoms with Gasteiger partial charge in [-0.15, -0.1) is 23.7 Å². The maximum Gasteiger partial charge on any atom is 0.264 e. The number of hydrogen-bond donors (Lipinski definition) is 1. The molecule has 0 spiro atoms. The van der Waals surface area contributed by atoms with E-state index in [-0.39, 0.29) is 24.4 Å². The summed E-state index contributed by atoms with van der Waals surface area (Å²) in [5, 5.41) is 0. The van der Waals surface area contributed by atoms with Crippen LogP contribution in [0.3, 0.4) is 0 Å². The van der Waals surface area contributed by atoms with Crippen molar-refractivity contribution in [2.75, 3.05) is 13.1 Å². The number of rotatable bonds is 1. The molecule has 1 atom stereocenters. The molecule has 2 rings (SSSR count). The maximum atomic E-state index is 11.8. The van der Waals surface area contributed by atoms with E-state index in [9.17, 15) is 4.79 Å². The van der Waals surface area contributed by atoms with Gasteiger partial charge < -0.3 is 10.6 Å². The summed E-state index contributed by atoms with van der Waals surface area (Å²) in [7, 11) is 0. The molecule has 0 aromatic carbocycles. The van der Waals surface area contributed by atoms with Crippen molar-refractivity contribution in [3.63, 3.8) is 0 Å². The Hall–Kier alpha value is -0.290. The summed E-state index contributed by atoms with van der Waals surface area (Å²) in [6.07, 6.45) is 0.894. The van der Waals surface area contributed by atoms with Gasteiger partial charge in [0.25, 0.3) is 5.91 Å². The van der Waals surface area contributed by atoms with Gasteiger partial charge >= 0.3 is 0 Å². The smallest absolute Gasteiger partial charge is 0.264 e. The second-order valence-corrected chi connectivity index (χ2v) is 5.12. The molecular weight excluding hydrogens is 255 g/mol. The molecule has 2 N–H and O–H groups in total. The fourth-order valence-corrected chi connectivity index (χ4v) is 2.57. The fourth-order valence-electron chi connectivity index (χ4n) is 1.56. The Bertz CT molecular complexity index is 356. The zero-order valence-corrected chi connectivity index (χ0v) is 10.4. The molecule has 0 aliphatic carbocycles. The van der Waals surface area contributed by atoms with Crippen molar-refractivity contribution in [3.05, 3.63) is 21.3 Å². The van der Waals surface area contributed by atoms with E-state index in [0.29, 0.717) is 15.8 Å². The molecule has 0 bridgehead atoms. The number of carbonyl (C=O) groups excluding carboxylic acids is 1. The van der Waals surface area contributed by atoms with E-state index in [4.69, 9.17) is 17.3 Å². The molecule has 1 aliphatic heterocycles. The molecule has 0 saturated carbocycles. The Kier molecular flexibility index (Phi) is 4.40. The van der Waals surface area contributed by atoms with E-state index in [1.165, 1.54) is 11.3 Å². The van der Waals surface area contributed by atoms with Crippen LogP contribution < -0.4 is 5.73 Å². The van der Waals surface area contributed by atoms with Gasteiger partial charge in [-0.2, -0.15) is 0 Å². The lowest BCUT2D eigenvalue weighted by molar-refractivity contribution is 0.0795. The number of likely N-dealkylation sites (tertiary alicyclic amines) is 1. The topological polar surface area (TPSA) is 46.3 Å². The average molecular weight is 267 g/mol. The molecule has 1 saturated heterocycles. The van der Waals surface area contributed by atoms with Gasteiger partial charge in [0.15, 0.2) is 0 Å². The Balaban J connectivity index is 0.00000112. The van der Waals surface area contributed by atoms with E-state index >= 15 is 0 Å². The van der Waals surface area contributed by atoms with Gasteiger partial charge in [0, 0.05) is 19.1 Å². The highest BCUT2D eigenvalue weighted by molar-refractivity contribution is 7.17. The summed E-state index contributed by atoms with van der Waals surface area (Å²) in [4.78, 5) is 14.3. The van der Waals surface area contributed by atoms with Crippen LogP contribution in [0.5, 0.6) is 0 Å². The Morgan fingerprint density at radius 1 is 1.60 bits per heavy atom. The highest BCUT2D eigenvalue weighted by atomic mass is 35.5. The number of amides is 1. The van der Waals surface area contributed by atoms with Crippen molar-refractivity contribution in [1.29, 1.82) is 0 Å². The number of nitrogens with zero attached hydrogens (tertiary/aromatic N) is 1. The number of thiophene rings is 1. The van der Waals surface area contributed by atoms with Crippen LogP contribution in [0.2, 0.25) is 4.34 Å². The Morgan fingerprint density at radius 2 is 2.33 bits per heavy atom. The minimum absolute atomic E-state index is 0. The lowest BCUT2D eigenvalue weighted by Crippen LogP contribution is -2.31. The van der Waals surface area contributed by atoms with Crippen molar-refractivity contribution in [3.8, 4) is 0 Å². The third-order valence-electron chi connectivity index (χ3n) is 2.30. The highest BCUT2D eigenvalue weighted by Crippen LogP contribution is 2.23. The summed E-state index contributed by atoms with van der Waals surface area (Å²) < 4.78 is 0.650. The van der Waals surface area contributed by atoms with Gasteiger partial charge in [0.05, 0.1) is 9.21 Å². The van der Waals surface area contributed by atoms with Gasteiger partial charge in [-0.3, -0.25) is 4.79 Å². The fraction of sp³-hybridized carbons (Fsp3) is 0.444. The van der Waals surface area contributed by atoms with Gasteiger partial charge in [0.1, 0.15) is 0 Å². The zero-order chi connectivity index (χ0) is 10.1. The first-order chi connectivity index (χ1) is 6.66. The van der Waals surface area contributed by atoms with Crippen LogP contribution in [0.4, 0.5) is 0 Å². The van der Waals surface area contributed by atoms with Crippen molar-refractivity contribution in [2.45, 2.75) is 12.5 Å². The minimum Gasteiger partial charge on any atom is -0.336 e. The average Bonchev–Trinajstić information content (AvgIpc) is 2.73. The third kappa shape index (κ3) is 2.84. The molecule has 1 aliphatic rings. The monoisotopic (exact) mass is 266 g/mol. The van der Waals surface area contributed by atoms with Gasteiger partial charge in [-0.05, 0) is 18.6 Å². The van der Waals surface area contributed by atoms with E-state index in [0.717, 1.165) is 13.0 Å². The van der Waals surface area contributed by atoms with Crippen LogP contribution >= 0.6 is 35.3 Å². The lowest BCUT2D eigenvalue weighted by atomic mass is 10.3. The molecule has 6 heteroatoms. The Morgan fingerprint density at radius 3 is 2.80 bits per heavy atom.